The fraction of sp³-hybridized carbons (Fsp3) is 0.385. The van der Waals surface area contributed by atoms with Crippen LogP contribution >= 0.6 is 23.1 Å². The summed E-state index contributed by atoms with van der Waals surface area (Å²) in [5.41, 5.74) is 0.541. The van der Waals surface area contributed by atoms with Gasteiger partial charge in [0, 0.05) is 35.5 Å². The number of benzene rings is 2. The van der Waals surface area contributed by atoms with Crippen molar-refractivity contribution < 1.29 is 12.6 Å². The highest BCUT2D eigenvalue weighted by Gasteiger charge is 2.22. The van der Waals surface area contributed by atoms with E-state index in [2.05, 4.69) is 24.3 Å². The van der Waals surface area contributed by atoms with Crippen molar-refractivity contribution in [3.8, 4) is 0 Å². The number of fused-ring (bicyclic) bond motifs is 2. The first-order chi connectivity index (χ1) is 17.1. The van der Waals surface area contributed by atoms with E-state index in [0.29, 0.717) is 35.4 Å². The number of rotatable bonds is 10. The molecule has 36 heavy (non-hydrogen) atoms. The number of thioether (sulfide) groups is 1. The predicted octanol–water partition coefficient (Wildman–Crippen LogP) is 4.62. The zero-order valence-corrected chi connectivity index (χ0v) is 23.3. The van der Waals surface area contributed by atoms with Crippen molar-refractivity contribution >= 4 is 54.2 Å². The topological polar surface area (TPSA) is 87.4 Å². The van der Waals surface area contributed by atoms with Gasteiger partial charge >= 0.3 is 5.69 Å². The minimum absolute atomic E-state index is 0.0859. The molecule has 0 saturated heterocycles. The quantitative estimate of drug-likeness (QED) is 0.164. The lowest BCUT2D eigenvalue weighted by atomic mass is 10.0. The molecule has 0 aliphatic carbocycles. The van der Waals surface area contributed by atoms with Gasteiger partial charge in [-0.25, -0.2) is 4.79 Å². The van der Waals surface area contributed by atoms with Crippen LogP contribution in [0, 0.1) is 5.92 Å². The van der Waals surface area contributed by atoms with Gasteiger partial charge in [-0.1, -0.05) is 56.3 Å². The summed E-state index contributed by atoms with van der Waals surface area (Å²) in [5.74, 6) is 0.812. The Hall–Kier alpha value is -2.40. The van der Waals surface area contributed by atoms with Crippen molar-refractivity contribution in [1.82, 2.24) is 9.13 Å². The summed E-state index contributed by atoms with van der Waals surface area (Å²) in [4.78, 5) is 29.0. The van der Waals surface area contributed by atoms with E-state index in [1.54, 1.807) is 4.57 Å². The minimum atomic E-state index is -3.50. The second kappa shape index (κ2) is 10.9. The summed E-state index contributed by atoms with van der Waals surface area (Å²) in [6.07, 6.45) is 2.17. The molecule has 2 heterocycles. The van der Waals surface area contributed by atoms with Gasteiger partial charge in [-0.15, -0.1) is 23.1 Å². The van der Waals surface area contributed by atoms with E-state index in [1.165, 1.54) is 34.7 Å². The molecule has 4 rings (SSSR count). The monoisotopic (exact) mass is 546 g/mol. The summed E-state index contributed by atoms with van der Waals surface area (Å²) >= 11 is 3.02. The molecule has 10 heteroatoms. The number of hydrogen-bond donors (Lipinski definition) is 0. The molecule has 2 aromatic carbocycles. The molecule has 0 radical (unpaired) electrons. The fourth-order valence-corrected chi connectivity index (χ4v) is 7.23. The maximum absolute atomic E-state index is 13.3. The highest BCUT2D eigenvalue weighted by atomic mass is 32.2. The van der Waals surface area contributed by atoms with Gasteiger partial charge in [0.15, 0.2) is 0 Å². The van der Waals surface area contributed by atoms with E-state index in [-0.39, 0.29) is 23.8 Å². The van der Waals surface area contributed by atoms with Gasteiger partial charge in [-0.05, 0) is 28.7 Å². The van der Waals surface area contributed by atoms with E-state index in [4.69, 9.17) is 4.18 Å². The molecule has 7 nitrogen and oxygen atoms in total. The summed E-state index contributed by atoms with van der Waals surface area (Å²) in [7, 11) is -1.97. The van der Waals surface area contributed by atoms with Crippen molar-refractivity contribution in [3.63, 3.8) is 0 Å². The van der Waals surface area contributed by atoms with Gasteiger partial charge in [0.2, 0.25) is 0 Å². The zero-order valence-electron chi connectivity index (χ0n) is 20.8. The maximum Gasteiger partial charge on any atom is 0.331 e. The standard InChI is InChI=1S/C26H30N2O5S3/c1-17(2)16-28-25-22(24(29)27(3)26(28)30)23(34-14-8-13-33-36(4,31)32)21(35-25)15-19-11-7-10-18-9-5-6-12-20(18)19/h5-7,9-12,17H,8,13-16H2,1-4H3. The lowest BCUT2D eigenvalue weighted by Crippen LogP contribution is -2.38. The average molecular weight is 547 g/mol. The van der Waals surface area contributed by atoms with Crippen LogP contribution in [0.5, 0.6) is 0 Å². The van der Waals surface area contributed by atoms with Gasteiger partial charge in [-0.3, -0.25) is 18.1 Å². The molecule has 0 bridgehead atoms. The van der Waals surface area contributed by atoms with Crippen LogP contribution in [0.3, 0.4) is 0 Å². The third-order valence-corrected chi connectivity index (χ3v) is 8.98. The van der Waals surface area contributed by atoms with E-state index in [0.717, 1.165) is 32.4 Å². The second-order valence-electron chi connectivity index (χ2n) is 9.23. The molecule has 192 valence electrons. The lowest BCUT2D eigenvalue weighted by molar-refractivity contribution is 0.323. The summed E-state index contributed by atoms with van der Waals surface area (Å²) in [6.45, 7) is 4.70. The Balaban J connectivity index is 1.82. The van der Waals surface area contributed by atoms with E-state index in [9.17, 15) is 18.0 Å². The first-order valence-electron chi connectivity index (χ1n) is 11.8. The molecule has 0 aliphatic rings. The Kier molecular flexibility index (Phi) is 8.09. The molecule has 0 atom stereocenters. The lowest BCUT2D eigenvalue weighted by Gasteiger charge is -2.12. The van der Waals surface area contributed by atoms with Gasteiger partial charge in [0.05, 0.1) is 18.2 Å². The summed E-state index contributed by atoms with van der Waals surface area (Å²) < 4.78 is 30.4. The van der Waals surface area contributed by atoms with Crippen LogP contribution in [0.15, 0.2) is 56.9 Å². The average Bonchev–Trinajstić information content (AvgIpc) is 3.17. The Morgan fingerprint density at radius 3 is 2.53 bits per heavy atom. The highest BCUT2D eigenvalue weighted by Crippen LogP contribution is 2.39. The van der Waals surface area contributed by atoms with Crippen LogP contribution < -0.4 is 11.2 Å². The molecular weight excluding hydrogens is 516 g/mol. The van der Waals surface area contributed by atoms with Crippen LogP contribution in [0.4, 0.5) is 0 Å². The molecule has 0 aliphatic heterocycles. The number of hydrogen-bond acceptors (Lipinski definition) is 7. The van der Waals surface area contributed by atoms with E-state index in [1.807, 2.05) is 32.0 Å². The molecule has 0 amide bonds. The van der Waals surface area contributed by atoms with Gasteiger partial charge in [0.25, 0.3) is 15.7 Å². The SMILES string of the molecule is CC(C)Cn1c(=O)n(C)c(=O)c2c(SCCCOS(C)(=O)=O)c(Cc3cccc4ccccc34)sc21. The molecule has 4 aromatic rings. The van der Waals surface area contributed by atoms with Crippen molar-refractivity contribution in [2.24, 2.45) is 13.0 Å². The molecule has 0 saturated carbocycles. The van der Waals surface area contributed by atoms with Crippen molar-refractivity contribution in [2.75, 3.05) is 18.6 Å². The van der Waals surface area contributed by atoms with Crippen LogP contribution in [-0.4, -0.2) is 36.2 Å². The van der Waals surface area contributed by atoms with Crippen LogP contribution in [0.1, 0.15) is 30.7 Å². The van der Waals surface area contributed by atoms with Gasteiger partial charge in [-0.2, -0.15) is 8.42 Å². The van der Waals surface area contributed by atoms with Crippen molar-refractivity contribution in [3.05, 3.63) is 73.7 Å². The molecule has 0 unspecified atom stereocenters. The number of aromatic nitrogens is 2. The third-order valence-electron chi connectivity index (χ3n) is 5.81. The van der Waals surface area contributed by atoms with Crippen LogP contribution in [0.25, 0.3) is 21.0 Å². The van der Waals surface area contributed by atoms with E-state index >= 15 is 0 Å². The number of nitrogens with zero attached hydrogens (tertiary/aromatic N) is 2. The summed E-state index contributed by atoms with van der Waals surface area (Å²) in [5, 5.41) is 2.87. The zero-order chi connectivity index (χ0) is 26.0. The van der Waals surface area contributed by atoms with E-state index < -0.39 is 10.1 Å². The molecule has 0 N–H and O–H groups in total. The fourth-order valence-electron chi connectivity index (χ4n) is 4.21. The first-order valence-corrected chi connectivity index (χ1v) is 15.4. The Labute approximate surface area is 218 Å². The molecule has 0 fully saturated rings. The smallest absolute Gasteiger partial charge is 0.284 e. The van der Waals surface area contributed by atoms with Crippen LogP contribution in [-0.2, 0) is 34.3 Å². The predicted molar refractivity (Wildman–Crippen MR) is 149 cm³/mol. The van der Waals surface area contributed by atoms with Gasteiger partial charge in [0.1, 0.15) is 4.83 Å². The second-order valence-corrected chi connectivity index (χ2v) is 13.1. The maximum atomic E-state index is 13.3. The molecule has 0 spiro atoms. The molecular formula is C26H30N2O5S3. The molecule has 2 aromatic heterocycles. The van der Waals surface area contributed by atoms with Crippen molar-refractivity contribution in [2.45, 2.75) is 38.1 Å². The Bertz CT molecular complexity index is 1630. The van der Waals surface area contributed by atoms with Crippen molar-refractivity contribution in [1.29, 1.82) is 0 Å². The minimum Gasteiger partial charge on any atom is -0.284 e. The third kappa shape index (κ3) is 5.77. The number of thiophene rings is 1. The highest BCUT2D eigenvalue weighted by molar-refractivity contribution is 7.99. The normalized spacial score (nSPS) is 12.2. The Morgan fingerprint density at radius 1 is 1.08 bits per heavy atom. The first kappa shape index (κ1) is 26.7. The largest absolute Gasteiger partial charge is 0.331 e. The Morgan fingerprint density at radius 2 is 1.81 bits per heavy atom. The summed E-state index contributed by atoms with van der Waals surface area (Å²) in [6, 6.07) is 14.4. The van der Waals surface area contributed by atoms with Crippen LogP contribution in [0.2, 0.25) is 0 Å². The van der Waals surface area contributed by atoms with Gasteiger partial charge < -0.3 is 0 Å².